The van der Waals surface area contributed by atoms with Gasteiger partial charge >= 0.3 is 5.97 Å². The highest BCUT2D eigenvalue weighted by molar-refractivity contribution is 6.42. The number of Topliss-reactive ketones (excluding diaryl/α,β-unsaturated/α-hetero) is 1. The van der Waals surface area contributed by atoms with Crippen LogP contribution in [0, 0.1) is 17.3 Å². The first-order chi connectivity index (χ1) is 8.82. The third-order valence-electron chi connectivity index (χ3n) is 3.74. The third-order valence-corrected chi connectivity index (χ3v) is 4.48. The zero-order chi connectivity index (χ0) is 14.4. The summed E-state index contributed by atoms with van der Waals surface area (Å²) in [5, 5.41) is 18.9. The molecule has 1 aliphatic rings. The Kier molecular flexibility index (Phi) is 3.60. The topological polar surface area (TPSA) is 74.6 Å². The van der Waals surface area contributed by atoms with Crippen LogP contribution in [-0.2, 0) is 4.79 Å². The molecule has 102 valence electrons. The van der Waals surface area contributed by atoms with Crippen molar-refractivity contribution in [3.8, 4) is 0 Å². The van der Waals surface area contributed by atoms with Crippen LogP contribution < -0.4 is 0 Å². The summed E-state index contributed by atoms with van der Waals surface area (Å²) >= 11 is 11.6. The highest BCUT2D eigenvalue weighted by Crippen LogP contribution is 2.59. The number of rotatable bonds is 4. The molecule has 1 aromatic carbocycles. The molecular weight excluding hydrogens is 291 g/mol. The molecule has 1 saturated carbocycles. The van der Waals surface area contributed by atoms with E-state index < -0.39 is 23.2 Å². The van der Waals surface area contributed by atoms with E-state index in [1.165, 1.54) is 18.2 Å². The lowest BCUT2D eigenvalue weighted by Gasteiger charge is -2.06. The van der Waals surface area contributed by atoms with Crippen LogP contribution >= 0.6 is 23.2 Å². The largest absolute Gasteiger partial charge is 0.481 e. The SMILES string of the molecule is CC1(CO)C(C(=O)O)C1C(=O)c1ccc(Cl)c(Cl)c1. The summed E-state index contributed by atoms with van der Waals surface area (Å²) in [4.78, 5) is 23.4. The van der Waals surface area contributed by atoms with Gasteiger partial charge in [-0.3, -0.25) is 9.59 Å². The van der Waals surface area contributed by atoms with Gasteiger partial charge in [0.15, 0.2) is 5.78 Å². The van der Waals surface area contributed by atoms with Crippen LogP contribution in [-0.4, -0.2) is 28.6 Å². The van der Waals surface area contributed by atoms with Crippen LogP contribution in [0.15, 0.2) is 18.2 Å². The zero-order valence-electron chi connectivity index (χ0n) is 10.1. The lowest BCUT2D eigenvalue weighted by molar-refractivity contribution is -0.139. The fraction of sp³-hybridized carbons (Fsp3) is 0.385. The second-order valence-corrected chi connectivity index (χ2v) is 5.77. The average Bonchev–Trinajstić information content (AvgIpc) is 2.99. The predicted octanol–water partition coefficient (Wildman–Crippen LogP) is 2.51. The molecule has 0 heterocycles. The molecule has 19 heavy (non-hydrogen) atoms. The quantitative estimate of drug-likeness (QED) is 0.838. The monoisotopic (exact) mass is 302 g/mol. The van der Waals surface area contributed by atoms with Gasteiger partial charge in [-0.1, -0.05) is 30.1 Å². The van der Waals surface area contributed by atoms with Crippen molar-refractivity contribution in [2.75, 3.05) is 6.61 Å². The number of carbonyl (C=O) groups is 2. The van der Waals surface area contributed by atoms with Crippen molar-refractivity contribution in [2.45, 2.75) is 6.92 Å². The summed E-state index contributed by atoms with van der Waals surface area (Å²) < 4.78 is 0. The van der Waals surface area contributed by atoms with Crippen molar-refractivity contribution < 1.29 is 19.8 Å². The molecule has 0 aromatic heterocycles. The minimum absolute atomic E-state index is 0.241. The van der Waals surface area contributed by atoms with Gasteiger partial charge in [0.2, 0.25) is 0 Å². The summed E-state index contributed by atoms with van der Waals surface area (Å²) in [6, 6.07) is 4.42. The Hall–Kier alpha value is -1.10. The van der Waals surface area contributed by atoms with Crippen molar-refractivity contribution in [2.24, 2.45) is 17.3 Å². The van der Waals surface area contributed by atoms with Gasteiger partial charge in [0.1, 0.15) is 0 Å². The molecule has 3 atom stereocenters. The number of carboxylic acids is 1. The van der Waals surface area contributed by atoms with E-state index in [0.29, 0.717) is 10.6 Å². The van der Waals surface area contributed by atoms with Gasteiger partial charge in [-0.15, -0.1) is 0 Å². The molecule has 2 N–H and O–H groups in total. The number of aliphatic hydroxyl groups excluding tert-OH is 1. The van der Waals surface area contributed by atoms with Crippen molar-refractivity contribution >= 4 is 35.0 Å². The number of hydrogen-bond donors (Lipinski definition) is 2. The Morgan fingerprint density at radius 1 is 1.26 bits per heavy atom. The second-order valence-electron chi connectivity index (χ2n) is 4.95. The van der Waals surface area contributed by atoms with Crippen molar-refractivity contribution in [3.05, 3.63) is 33.8 Å². The van der Waals surface area contributed by atoms with Gasteiger partial charge in [-0.2, -0.15) is 0 Å². The smallest absolute Gasteiger partial charge is 0.307 e. The van der Waals surface area contributed by atoms with E-state index in [9.17, 15) is 14.7 Å². The van der Waals surface area contributed by atoms with Crippen LogP contribution in [0.25, 0.3) is 0 Å². The Labute approximate surface area is 119 Å². The van der Waals surface area contributed by atoms with Gasteiger partial charge in [0, 0.05) is 16.9 Å². The molecule has 0 radical (unpaired) electrons. The molecule has 0 amide bonds. The number of ketones is 1. The van der Waals surface area contributed by atoms with Gasteiger partial charge in [-0.05, 0) is 18.2 Å². The number of carboxylic acid groups (broad SMARTS) is 1. The molecule has 1 fully saturated rings. The number of halogens is 2. The fourth-order valence-electron chi connectivity index (χ4n) is 2.47. The zero-order valence-corrected chi connectivity index (χ0v) is 11.6. The van der Waals surface area contributed by atoms with Gasteiger partial charge in [0.05, 0.1) is 22.6 Å². The van der Waals surface area contributed by atoms with Crippen LogP contribution in [0.2, 0.25) is 10.0 Å². The average molecular weight is 303 g/mol. The molecule has 0 aliphatic heterocycles. The van der Waals surface area contributed by atoms with E-state index in [1.54, 1.807) is 6.92 Å². The van der Waals surface area contributed by atoms with Crippen molar-refractivity contribution in [3.63, 3.8) is 0 Å². The summed E-state index contributed by atoms with van der Waals surface area (Å²) in [6.45, 7) is 1.24. The molecule has 4 nitrogen and oxygen atoms in total. The summed E-state index contributed by atoms with van der Waals surface area (Å²) in [5.74, 6) is -3.00. The molecule has 0 bridgehead atoms. The van der Waals surface area contributed by atoms with Gasteiger partial charge in [0.25, 0.3) is 0 Å². The van der Waals surface area contributed by atoms with Crippen molar-refractivity contribution in [1.29, 1.82) is 0 Å². The highest BCUT2D eigenvalue weighted by atomic mass is 35.5. The van der Waals surface area contributed by atoms with E-state index >= 15 is 0 Å². The Bertz CT molecular complexity index is 558. The fourth-order valence-corrected chi connectivity index (χ4v) is 2.76. The van der Waals surface area contributed by atoms with Crippen LogP contribution in [0.5, 0.6) is 0 Å². The second kappa shape index (κ2) is 4.78. The number of aliphatic hydroxyl groups is 1. The van der Waals surface area contributed by atoms with Crippen LogP contribution in [0.3, 0.4) is 0 Å². The molecule has 1 aromatic rings. The third kappa shape index (κ3) is 2.24. The number of benzene rings is 1. The summed E-state index contributed by atoms with van der Waals surface area (Å²) in [7, 11) is 0. The molecule has 2 rings (SSSR count). The molecule has 6 heteroatoms. The lowest BCUT2D eigenvalue weighted by atomic mass is 10.0. The highest BCUT2D eigenvalue weighted by Gasteiger charge is 2.68. The molecular formula is C13H12Cl2O4. The normalized spacial score (nSPS) is 29.1. The first kappa shape index (κ1) is 14.3. The summed E-state index contributed by atoms with van der Waals surface area (Å²) in [5.41, 5.74) is -0.600. The maximum absolute atomic E-state index is 12.3. The maximum atomic E-state index is 12.3. The van der Waals surface area contributed by atoms with E-state index in [2.05, 4.69) is 0 Å². The van der Waals surface area contributed by atoms with E-state index in [4.69, 9.17) is 28.3 Å². The Balaban J connectivity index is 2.30. The predicted molar refractivity (Wildman–Crippen MR) is 70.6 cm³/mol. The first-order valence-electron chi connectivity index (χ1n) is 5.66. The molecule has 1 aliphatic carbocycles. The Morgan fingerprint density at radius 3 is 2.32 bits per heavy atom. The van der Waals surface area contributed by atoms with Crippen LogP contribution in [0.4, 0.5) is 0 Å². The van der Waals surface area contributed by atoms with E-state index in [-0.39, 0.29) is 17.4 Å². The molecule has 0 saturated heterocycles. The standard InChI is InChI=1S/C13H12Cl2O4/c1-13(5-16)9(10(13)12(18)19)11(17)6-2-3-7(14)8(15)4-6/h2-4,9-10,16H,5H2,1H3,(H,18,19). The Morgan fingerprint density at radius 2 is 1.89 bits per heavy atom. The van der Waals surface area contributed by atoms with E-state index in [0.717, 1.165) is 0 Å². The number of aliphatic carboxylic acids is 1. The van der Waals surface area contributed by atoms with Crippen molar-refractivity contribution in [1.82, 2.24) is 0 Å². The molecule has 0 spiro atoms. The van der Waals surface area contributed by atoms with Gasteiger partial charge < -0.3 is 10.2 Å². The van der Waals surface area contributed by atoms with Gasteiger partial charge in [-0.25, -0.2) is 0 Å². The summed E-state index contributed by atoms with van der Waals surface area (Å²) in [6.07, 6.45) is 0. The van der Waals surface area contributed by atoms with Crippen LogP contribution in [0.1, 0.15) is 17.3 Å². The lowest BCUT2D eigenvalue weighted by Crippen LogP contribution is -2.12. The molecule has 3 unspecified atom stereocenters. The maximum Gasteiger partial charge on any atom is 0.307 e. The van der Waals surface area contributed by atoms with E-state index in [1.807, 2.05) is 0 Å². The minimum atomic E-state index is -1.07. The number of carbonyl (C=O) groups excluding carboxylic acids is 1. The minimum Gasteiger partial charge on any atom is -0.481 e. The first-order valence-corrected chi connectivity index (χ1v) is 6.41. The number of hydrogen-bond acceptors (Lipinski definition) is 3.